The van der Waals surface area contributed by atoms with Gasteiger partial charge in [-0.15, -0.1) is 0 Å². The van der Waals surface area contributed by atoms with Crippen molar-refractivity contribution >= 4 is 10.2 Å². The van der Waals surface area contributed by atoms with E-state index in [1.807, 2.05) is 18.2 Å². The van der Waals surface area contributed by atoms with Crippen molar-refractivity contribution in [2.45, 2.75) is 25.4 Å². The summed E-state index contributed by atoms with van der Waals surface area (Å²) in [4.78, 5) is 4.24. The third kappa shape index (κ3) is 3.01. The summed E-state index contributed by atoms with van der Waals surface area (Å²) in [5, 5.41) is 0. The number of ether oxygens (including phenoxy) is 1. The molecule has 6 nitrogen and oxygen atoms in total. The highest BCUT2D eigenvalue weighted by molar-refractivity contribution is 7.86. The van der Waals surface area contributed by atoms with Gasteiger partial charge in [-0.25, -0.2) is 0 Å². The van der Waals surface area contributed by atoms with Crippen molar-refractivity contribution in [1.82, 2.24) is 13.6 Å². The van der Waals surface area contributed by atoms with Crippen molar-refractivity contribution in [3.63, 3.8) is 0 Å². The van der Waals surface area contributed by atoms with Gasteiger partial charge in [0.1, 0.15) is 0 Å². The summed E-state index contributed by atoms with van der Waals surface area (Å²) < 4.78 is 33.8. The van der Waals surface area contributed by atoms with E-state index in [-0.39, 0.29) is 6.04 Å². The van der Waals surface area contributed by atoms with E-state index in [9.17, 15) is 8.42 Å². The van der Waals surface area contributed by atoms with Crippen LogP contribution in [0.2, 0.25) is 0 Å². The van der Waals surface area contributed by atoms with Gasteiger partial charge in [0, 0.05) is 25.3 Å². The average molecular weight is 297 g/mol. The number of hydrogen-bond acceptors (Lipinski definition) is 4. The standard InChI is InChI=1S/C13H19N3O3S/c17-20(18,15-7-9-19-10-8-15)16(13-4-5-13)11-12-3-1-2-6-14-12/h1-3,6,13H,4-5,7-11H2. The quantitative estimate of drug-likeness (QED) is 0.799. The lowest BCUT2D eigenvalue weighted by Crippen LogP contribution is -2.49. The van der Waals surface area contributed by atoms with Crippen LogP contribution in [0.4, 0.5) is 0 Å². The molecule has 0 unspecified atom stereocenters. The van der Waals surface area contributed by atoms with Gasteiger partial charge in [0.15, 0.2) is 0 Å². The minimum atomic E-state index is -3.41. The van der Waals surface area contributed by atoms with E-state index in [1.54, 1.807) is 10.5 Å². The molecule has 0 amide bonds. The molecule has 2 fully saturated rings. The monoisotopic (exact) mass is 297 g/mol. The topological polar surface area (TPSA) is 62.7 Å². The summed E-state index contributed by atoms with van der Waals surface area (Å²) in [6.45, 7) is 2.18. The lowest BCUT2D eigenvalue weighted by atomic mass is 10.3. The summed E-state index contributed by atoms with van der Waals surface area (Å²) >= 11 is 0. The fourth-order valence-electron chi connectivity index (χ4n) is 2.34. The molecule has 20 heavy (non-hydrogen) atoms. The number of aromatic nitrogens is 1. The van der Waals surface area contributed by atoms with Gasteiger partial charge in [0.25, 0.3) is 10.2 Å². The Kier molecular flexibility index (Phi) is 4.02. The van der Waals surface area contributed by atoms with E-state index < -0.39 is 10.2 Å². The van der Waals surface area contributed by atoms with Crippen LogP contribution in [0.5, 0.6) is 0 Å². The Balaban J connectivity index is 1.79. The SMILES string of the molecule is O=S(=O)(N1CCOCC1)N(Cc1ccccn1)C1CC1. The predicted molar refractivity (Wildman–Crippen MR) is 74.1 cm³/mol. The molecule has 110 valence electrons. The van der Waals surface area contributed by atoms with Gasteiger partial charge in [-0.2, -0.15) is 17.0 Å². The molecule has 2 heterocycles. The van der Waals surface area contributed by atoms with Crippen LogP contribution in [0.25, 0.3) is 0 Å². The third-order valence-electron chi connectivity index (χ3n) is 3.59. The van der Waals surface area contributed by atoms with Crippen LogP contribution in [0, 0.1) is 0 Å². The minimum Gasteiger partial charge on any atom is -0.379 e. The molecule has 0 spiro atoms. The molecule has 0 atom stereocenters. The lowest BCUT2D eigenvalue weighted by molar-refractivity contribution is 0.0698. The number of morpholine rings is 1. The van der Waals surface area contributed by atoms with E-state index >= 15 is 0 Å². The molecular formula is C13H19N3O3S. The van der Waals surface area contributed by atoms with Crippen LogP contribution >= 0.6 is 0 Å². The molecule has 0 N–H and O–H groups in total. The number of nitrogens with zero attached hydrogens (tertiary/aromatic N) is 3. The first-order valence-electron chi connectivity index (χ1n) is 6.92. The number of pyridine rings is 1. The van der Waals surface area contributed by atoms with Crippen LogP contribution in [-0.2, 0) is 21.5 Å². The maximum Gasteiger partial charge on any atom is 0.282 e. The van der Waals surface area contributed by atoms with Gasteiger partial charge >= 0.3 is 0 Å². The zero-order valence-corrected chi connectivity index (χ0v) is 12.1. The Hall–Kier alpha value is -1.02. The molecule has 1 aromatic heterocycles. The van der Waals surface area contributed by atoms with Crippen molar-refractivity contribution < 1.29 is 13.2 Å². The molecule has 0 aromatic carbocycles. The van der Waals surface area contributed by atoms with Gasteiger partial charge < -0.3 is 4.74 Å². The minimum absolute atomic E-state index is 0.129. The molecule has 1 aliphatic carbocycles. The van der Waals surface area contributed by atoms with Crippen molar-refractivity contribution in [3.8, 4) is 0 Å². The van der Waals surface area contributed by atoms with E-state index in [2.05, 4.69) is 4.98 Å². The Morgan fingerprint density at radius 3 is 2.65 bits per heavy atom. The summed E-state index contributed by atoms with van der Waals surface area (Å²) in [5.41, 5.74) is 0.788. The zero-order chi connectivity index (χ0) is 14.0. The maximum atomic E-state index is 12.7. The molecule has 1 aliphatic heterocycles. The van der Waals surface area contributed by atoms with Gasteiger partial charge in [-0.1, -0.05) is 6.07 Å². The number of rotatable bonds is 5. The third-order valence-corrected chi connectivity index (χ3v) is 5.63. The largest absolute Gasteiger partial charge is 0.379 e. The Morgan fingerprint density at radius 1 is 1.30 bits per heavy atom. The molecule has 1 aromatic rings. The van der Waals surface area contributed by atoms with Crippen molar-refractivity contribution in [2.24, 2.45) is 0 Å². The highest BCUT2D eigenvalue weighted by Gasteiger charge is 2.40. The van der Waals surface area contributed by atoms with Crippen LogP contribution in [0.3, 0.4) is 0 Å². The zero-order valence-electron chi connectivity index (χ0n) is 11.3. The highest BCUT2D eigenvalue weighted by Crippen LogP contribution is 2.32. The maximum absolute atomic E-state index is 12.7. The molecule has 3 rings (SSSR count). The first kappa shape index (κ1) is 13.9. The second-order valence-electron chi connectivity index (χ2n) is 5.12. The van der Waals surface area contributed by atoms with Crippen molar-refractivity contribution in [1.29, 1.82) is 0 Å². The highest BCUT2D eigenvalue weighted by atomic mass is 32.2. The molecule has 1 saturated carbocycles. The van der Waals surface area contributed by atoms with Crippen LogP contribution < -0.4 is 0 Å². The summed E-state index contributed by atoms with van der Waals surface area (Å²) in [7, 11) is -3.41. The fourth-order valence-corrected chi connectivity index (χ4v) is 4.13. The second kappa shape index (κ2) is 5.77. The first-order valence-corrected chi connectivity index (χ1v) is 8.32. The summed E-state index contributed by atoms with van der Waals surface area (Å²) in [6.07, 6.45) is 3.58. The van der Waals surface area contributed by atoms with Gasteiger partial charge in [-0.3, -0.25) is 4.98 Å². The van der Waals surface area contributed by atoms with Crippen LogP contribution in [-0.4, -0.2) is 54.4 Å². The van der Waals surface area contributed by atoms with Crippen LogP contribution in [0.1, 0.15) is 18.5 Å². The predicted octanol–water partition coefficient (Wildman–Crippen LogP) is 0.623. The molecule has 2 aliphatic rings. The van der Waals surface area contributed by atoms with E-state index in [0.717, 1.165) is 18.5 Å². The van der Waals surface area contributed by atoms with Crippen LogP contribution in [0.15, 0.2) is 24.4 Å². The van der Waals surface area contributed by atoms with Crippen molar-refractivity contribution in [3.05, 3.63) is 30.1 Å². The first-order chi connectivity index (χ1) is 9.68. The average Bonchev–Trinajstić information content (AvgIpc) is 3.31. The summed E-state index contributed by atoms with van der Waals surface area (Å²) in [5.74, 6) is 0. The molecule has 0 bridgehead atoms. The molecule has 0 radical (unpaired) electrons. The smallest absolute Gasteiger partial charge is 0.282 e. The normalized spacial score (nSPS) is 21.2. The molecule has 7 heteroatoms. The lowest BCUT2D eigenvalue weighted by Gasteiger charge is -2.32. The Labute approximate surface area is 119 Å². The van der Waals surface area contributed by atoms with Gasteiger partial charge in [0.05, 0.1) is 25.5 Å². The van der Waals surface area contributed by atoms with Gasteiger partial charge in [0.2, 0.25) is 0 Å². The second-order valence-corrected chi connectivity index (χ2v) is 7.00. The van der Waals surface area contributed by atoms with E-state index in [4.69, 9.17) is 4.74 Å². The molecule has 1 saturated heterocycles. The van der Waals surface area contributed by atoms with E-state index in [1.165, 1.54) is 4.31 Å². The fraction of sp³-hybridized carbons (Fsp3) is 0.615. The van der Waals surface area contributed by atoms with Gasteiger partial charge in [-0.05, 0) is 25.0 Å². The van der Waals surface area contributed by atoms with E-state index in [0.29, 0.717) is 32.8 Å². The summed E-state index contributed by atoms with van der Waals surface area (Å²) in [6, 6.07) is 5.71. The Bertz CT molecular complexity index is 539. The Morgan fingerprint density at radius 2 is 2.05 bits per heavy atom. The molecular weight excluding hydrogens is 278 g/mol. The number of hydrogen-bond donors (Lipinski definition) is 0. The van der Waals surface area contributed by atoms with Crippen molar-refractivity contribution in [2.75, 3.05) is 26.3 Å².